The van der Waals surface area contributed by atoms with Gasteiger partial charge in [-0.2, -0.15) is 0 Å². The van der Waals surface area contributed by atoms with E-state index in [1.165, 1.54) is 0 Å². The monoisotopic (exact) mass is 587 g/mol. The molecular formula is C30H26BrN3O3S. The molecule has 6 nitrogen and oxygen atoms in total. The number of amides is 2. The van der Waals surface area contributed by atoms with Crippen molar-refractivity contribution in [2.75, 3.05) is 6.61 Å². The average molecular weight is 589 g/mol. The molecule has 0 aliphatic heterocycles. The van der Waals surface area contributed by atoms with Crippen LogP contribution in [0.1, 0.15) is 33.0 Å². The standard InChI is InChI=1S/C30H26BrN3O3S/c31-24-16-17-26(37-19-18-21-10-4-1-5-11-21)25(20-24)28(35)32-30(38)34-33-29(36)27(22-12-6-2-7-13-22)23-14-8-3-9-15-23/h1-17,20,27H,18-19H2,(H,33,36)(H2,32,34,35,38). The molecule has 0 radical (unpaired) electrons. The summed E-state index contributed by atoms with van der Waals surface area (Å²) in [5, 5.41) is 2.57. The molecule has 0 fully saturated rings. The number of carbonyl (C=O) groups is 2. The first kappa shape index (κ1) is 27.0. The maximum Gasteiger partial charge on any atom is 0.261 e. The summed E-state index contributed by atoms with van der Waals surface area (Å²) in [5.74, 6) is -0.901. The lowest BCUT2D eigenvalue weighted by Crippen LogP contribution is -2.49. The molecule has 8 heteroatoms. The molecule has 0 bridgehead atoms. The highest BCUT2D eigenvalue weighted by Gasteiger charge is 2.23. The Morgan fingerprint density at radius 3 is 1.97 bits per heavy atom. The molecule has 0 aromatic heterocycles. The molecule has 0 aliphatic rings. The van der Waals surface area contributed by atoms with Gasteiger partial charge in [0.05, 0.1) is 18.1 Å². The number of thiocarbonyl (C=S) groups is 1. The third-order valence-electron chi connectivity index (χ3n) is 5.73. The SMILES string of the molecule is O=C(NC(=S)NNC(=O)C(c1ccccc1)c1ccccc1)c1cc(Br)ccc1OCCc1ccccc1. The molecule has 0 saturated carbocycles. The van der Waals surface area contributed by atoms with E-state index in [0.29, 0.717) is 24.3 Å². The molecule has 0 aliphatic carbocycles. The molecule has 0 heterocycles. The minimum atomic E-state index is -0.557. The summed E-state index contributed by atoms with van der Waals surface area (Å²) in [4.78, 5) is 26.2. The van der Waals surface area contributed by atoms with Crippen molar-refractivity contribution in [3.8, 4) is 5.75 Å². The van der Waals surface area contributed by atoms with Crippen LogP contribution in [-0.4, -0.2) is 23.5 Å². The second kappa shape index (κ2) is 13.5. The van der Waals surface area contributed by atoms with Gasteiger partial charge in [0.25, 0.3) is 5.91 Å². The maximum absolute atomic E-state index is 13.2. The topological polar surface area (TPSA) is 79.5 Å². The fraction of sp³-hybridized carbons (Fsp3) is 0.100. The van der Waals surface area contributed by atoms with E-state index in [4.69, 9.17) is 17.0 Å². The second-order valence-electron chi connectivity index (χ2n) is 8.38. The number of carbonyl (C=O) groups excluding carboxylic acids is 2. The maximum atomic E-state index is 13.2. The number of hydrogen-bond acceptors (Lipinski definition) is 4. The molecule has 38 heavy (non-hydrogen) atoms. The first-order valence-corrected chi connectivity index (χ1v) is 13.2. The number of nitrogens with one attached hydrogen (secondary N) is 3. The van der Waals surface area contributed by atoms with E-state index < -0.39 is 11.8 Å². The van der Waals surface area contributed by atoms with Gasteiger partial charge in [-0.05, 0) is 47.1 Å². The van der Waals surface area contributed by atoms with E-state index in [0.717, 1.165) is 21.2 Å². The highest BCUT2D eigenvalue weighted by molar-refractivity contribution is 9.10. The molecule has 4 aromatic rings. The zero-order valence-electron chi connectivity index (χ0n) is 20.4. The lowest BCUT2D eigenvalue weighted by Gasteiger charge is -2.19. The number of ether oxygens (including phenoxy) is 1. The van der Waals surface area contributed by atoms with Crippen molar-refractivity contribution in [3.05, 3.63) is 136 Å². The van der Waals surface area contributed by atoms with Crippen molar-refractivity contribution in [1.29, 1.82) is 0 Å². The van der Waals surface area contributed by atoms with Crippen LogP contribution in [0.4, 0.5) is 0 Å². The highest BCUT2D eigenvalue weighted by atomic mass is 79.9. The van der Waals surface area contributed by atoms with Crippen LogP contribution in [-0.2, 0) is 11.2 Å². The Labute approximate surface area is 235 Å². The molecule has 0 atom stereocenters. The van der Waals surface area contributed by atoms with Gasteiger partial charge in [-0.1, -0.05) is 107 Å². The van der Waals surface area contributed by atoms with E-state index in [2.05, 4.69) is 32.1 Å². The van der Waals surface area contributed by atoms with Gasteiger partial charge in [-0.25, -0.2) is 0 Å². The molecule has 0 spiro atoms. The van der Waals surface area contributed by atoms with Gasteiger partial charge in [0.1, 0.15) is 5.75 Å². The first-order chi connectivity index (χ1) is 18.5. The number of hydrazine groups is 1. The van der Waals surface area contributed by atoms with Crippen molar-refractivity contribution in [1.82, 2.24) is 16.2 Å². The lowest BCUT2D eigenvalue weighted by atomic mass is 9.91. The Bertz CT molecular complexity index is 1350. The van der Waals surface area contributed by atoms with Crippen molar-refractivity contribution in [2.45, 2.75) is 12.3 Å². The molecule has 4 rings (SSSR count). The van der Waals surface area contributed by atoms with Crippen LogP contribution in [0, 0.1) is 0 Å². The van der Waals surface area contributed by atoms with Crippen molar-refractivity contribution < 1.29 is 14.3 Å². The third-order valence-corrected chi connectivity index (χ3v) is 6.43. The molecule has 192 valence electrons. The van der Waals surface area contributed by atoms with Crippen LogP contribution < -0.4 is 20.9 Å². The van der Waals surface area contributed by atoms with Gasteiger partial charge in [-0.3, -0.25) is 25.8 Å². The Hall–Kier alpha value is -4.01. The molecule has 2 amide bonds. The summed E-state index contributed by atoms with van der Waals surface area (Å²) in [6, 6.07) is 34.1. The molecule has 4 aromatic carbocycles. The number of halogens is 1. The van der Waals surface area contributed by atoms with Gasteiger partial charge in [0.15, 0.2) is 5.11 Å². The Morgan fingerprint density at radius 2 is 1.37 bits per heavy atom. The first-order valence-electron chi connectivity index (χ1n) is 12.0. The molecule has 0 unspecified atom stereocenters. The summed E-state index contributed by atoms with van der Waals surface area (Å²) < 4.78 is 6.63. The van der Waals surface area contributed by atoms with Gasteiger partial charge in [-0.15, -0.1) is 0 Å². The fourth-order valence-corrected chi connectivity index (χ4v) is 4.41. The third kappa shape index (κ3) is 7.50. The number of rotatable bonds is 8. The summed E-state index contributed by atoms with van der Waals surface area (Å²) in [5.41, 5.74) is 8.40. The van der Waals surface area contributed by atoms with Gasteiger partial charge < -0.3 is 4.74 Å². The van der Waals surface area contributed by atoms with Crippen LogP contribution in [0.25, 0.3) is 0 Å². The second-order valence-corrected chi connectivity index (χ2v) is 9.70. The van der Waals surface area contributed by atoms with Crippen LogP contribution in [0.15, 0.2) is 114 Å². The minimum Gasteiger partial charge on any atom is -0.492 e. The summed E-state index contributed by atoms with van der Waals surface area (Å²) in [7, 11) is 0. The van der Waals surface area contributed by atoms with E-state index in [1.807, 2.05) is 91.0 Å². The van der Waals surface area contributed by atoms with Crippen LogP contribution >= 0.6 is 28.1 Å². The van der Waals surface area contributed by atoms with Crippen molar-refractivity contribution in [3.63, 3.8) is 0 Å². The zero-order valence-corrected chi connectivity index (χ0v) is 22.8. The molecule has 0 saturated heterocycles. The van der Waals surface area contributed by atoms with Crippen molar-refractivity contribution >= 4 is 45.1 Å². The van der Waals surface area contributed by atoms with E-state index >= 15 is 0 Å². The summed E-state index contributed by atoms with van der Waals surface area (Å²) in [6.07, 6.45) is 0.702. The summed E-state index contributed by atoms with van der Waals surface area (Å²) >= 11 is 8.69. The van der Waals surface area contributed by atoms with E-state index in [1.54, 1.807) is 18.2 Å². The van der Waals surface area contributed by atoms with Gasteiger partial charge >= 0.3 is 0 Å². The van der Waals surface area contributed by atoms with E-state index in [9.17, 15) is 9.59 Å². The predicted octanol–water partition coefficient (Wildman–Crippen LogP) is 5.54. The number of hydrogen-bond donors (Lipinski definition) is 3. The quantitative estimate of drug-likeness (QED) is 0.186. The Balaban J connectivity index is 1.37. The highest BCUT2D eigenvalue weighted by Crippen LogP contribution is 2.25. The Morgan fingerprint density at radius 1 is 0.789 bits per heavy atom. The lowest BCUT2D eigenvalue weighted by molar-refractivity contribution is -0.122. The number of benzene rings is 4. The van der Waals surface area contributed by atoms with Gasteiger partial charge in [0.2, 0.25) is 5.91 Å². The van der Waals surface area contributed by atoms with Crippen LogP contribution in [0.3, 0.4) is 0 Å². The van der Waals surface area contributed by atoms with Crippen molar-refractivity contribution in [2.24, 2.45) is 0 Å². The summed E-state index contributed by atoms with van der Waals surface area (Å²) in [6.45, 7) is 0.408. The van der Waals surface area contributed by atoms with Crippen LogP contribution in [0.5, 0.6) is 5.75 Å². The predicted molar refractivity (Wildman–Crippen MR) is 156 cm³/mol. The largest absolute Gasteiger partial charge is 0.492 e. The van der Waals surface area contributed by atoms with E-state index in [-0.39, 0.29) is 11.0 Å². The average Bonchev–Trinajstić information content (AvgIpc) is 2.94. The zero-order chi connectivity index (χ0) is 26.7. The Kier molecular flexibility index (Phi) is 9.61. The van der Waals surface area contributed by atoms with Crippen LogP contribution in [0.2, 0.25) is 0 Å². The minimum absolute atomic E-state index is 0.0431. The normalized spacial score (nSPS) is 10.5. The smallest absolute Gasteiger partial charge is 0.261 e. The fourth-order valence-electron chi connectivity index (χ4n) is 3.91. The molecular weight excluding hydrogens is 562 g/mol. The van der Waals surface area contributed by atoms with Gasteiger partial charge in [0, 0.05) is 10.9 Å². The molecule has 3 N–H and O–H groups in total.